The third-order valence-electron chi connectivity index (χ3n) is 2.80. The van der Waals surface area contributed by atoms with E-state index >= 15 is 0 Å². The van der Waals surface area contributed by atoms with Crippen molar-refractivity contribution in [3.63, 3.8) is 0 Å². The molecule has 1 aromatic carbocycles. The lowest BCUT2D eigenvalue weighted by Gasteiger charge is -2.05. The molecule has 2 aromatic rings. The van der Waals surface area contributed by atoms with E-state index in [0.717, 1.165) is 6.26 Å². The fourth-order valence-electron chi connectivity index (χ4n) is 2.00. The normalized spacial score (nSPS) is 12.3. The number of carboxylic acids is 1. The molecule has 1 N–H and O–H groups in total. The molecule has 6 nitrogen and oxygen atoms in total. The molecule has 0 aliphatic carbocycles. The average molecular weight is 345 g/mol. The standard InChI is InChI=1S/C14H13ClO6S/c1-8-6-9-7-11(15)10(4-3-5-20-22(2,18)19)12(14(16)17)13(9)21-8/h3-4,6-7H,5H2,1-2H3,(H,16,17)/b4-3+. The van der Waals surface area contributed by atoms with E-state index in [2.05, 4.69) is 4.18 Å². The molecule has 0 fully saturated rings. The first-order valence-electron chi connectivity index (χ1n) is 6.16. The number of benzene rings is 1. The predicted octanol–water partition coefficient (Wildman–Crippen LogP) is 3.08. The number of carboxylic acid groups (broad SMARTS) is 1. The Kier molecular flexibility index (Phi) is 4.60. The van der Waals surface area contributed by atoms with Gasteiger partial charge in [-0.3, -0.25) is 4.18 Å². The lowest BCUT2D eigenvalue weighted by atomic mass is 10.0. The van der Waals surface area contributed by atoms with Gasteiger partial charge >= 0.3 is 5.97 Å². The number of hydrogen-bond acceptors (Lipinski definition) is 5. The van der Waals surface area contributed by atoms with Crippen LogP contribution in [0.5, 0.6) is 0 Å². The Morgan fingerprint density at radius 2 is 2.14 bits per heavy atom. The number of aryl methyl sites for hydroxylation is 1. The summed E-state index contributed by atoms with van der Waals surface area (Å²) in [7, 11) is -3.57. The molecular weight excluding hydrogens is 332 g/mol. The quantitative estimate of drug-likeness (QED) is 0.838. The number of rotatable bonds is 5. The third-order valence-corrected chi connectivity index (χ3v) is 3.67. The first-order chi connectivity index (χ1) is 10.2. The van der Waals surface area contributed by atoms with Gasteiger partial charge in [0.15, 0.2) is 0 Å². The Labute approximate surface area is 132 Å². The average Bonchev–Trinajstić information content (AvgIpc) is 2.72. The number of furan rings is 1. The van der Waals surface area contributed by atoms with E-state index in [1.165, 1.54) is 12.2 Å². The van der Waals surface area contributed by atoms with Crippen molar-refractivity contribution in [1.82, 2.24) is 0 Å². The van der Waals surface area contributed by atoms with Crippen molar-refractivity contribution in [3.8, 4) is 0 Å². The summed E-state index contributed by atoms with van der Waals surface area (Å²) in [5, 5.41) is 10.2. The highest BCUT2D eigenvalue weighted by molar-refractivity contribution is 7.85. The second kappa shape index (κ2) is 6.12. The molecule has 0 unspecified atom stereocenters. The Balaban J connectivity index is 2.48. The van der Waals surface area contributed by atoms with Crippen LogP contribution >= 0.6 is 11.6 Å². The molecule has 118 valence electrons. The number of halogens is 1. The highest BCUT2D eigenvalue weighted by atomic mass is 35.5. The highest BCUT2D eigenvalue weighted by Crippen LogP contribution is 2.32. The van der Waals surface area contributed by atoms with Gasteiger partial charge in [0.2, 0.25) is 0 Å². The monoisotopic (exact) mass is 344 g/mol. The third kappa shape index (κ3) is 3.68. The van der Waals surface area contributed by atoms with Crippen molar-refractivity contribution in [2.45, 2.75) is 6.92 Å². The van der Waals surface area contributed by atoms with Crippen LogP contribution in [0.1, 0.15) is 21.7 Å². The lowest BCUT2D eigenvalue weighted by Crippen LogP contribution is -2.03. The fraction of sp³-hybridized carbons (Fsp3) is 0.214. The molecule has 0 amide bonds. The summed E-state index contributed by atoms with van der Waals surface area (Å²) >= 11 is 6.12. The molecule has 8 heteroatoms. The van der Waals surface area contributed by atoms with Gasteiger partial charge in [0, 0.05) is 16.0 Å². The van der Waals surface area contributed by atoms with Crippen LogP contribution in [0, 0.1) is 6.92 Å². The molecule has 0 radical (unpaired) electrons. The topological polar surface area (TPSA) is 93.8 Å². The van der Waals surface area contributed by atoms with Crippen molar-refractivity contribution in [3.05, 3.63) is 40.1 Å². The first kappa shape index (κ1) is 16.5. The molecule has 0 aliphatic rings. The van der Waals surface area contributed by atoms with Crippen molar-refractivity contribution in [2.75, 3.05) is 12.9 Å². The van der Waals surface area contributed by atoms with Crippen molar-refractivity contribution >= 4 is 44.7 Å². The maximum atomic E-state index is 11.5. The minimum Gasteiger partial charge on any atom is -0.478 e. The summed E-state index contributed by atoms with van der Waals surface area (Å²) in [6.45, 7) is 1.48. The smallest absolute Gasteiger partial charge is 0.340 e. The predicted molar refractivity (Wildman–Crippen MR) is 82.8 cm³/mol. The molecule has 22 heavy (non-hydrogen) atoms. The molecule has 1 heterocycles. The second-order valence-electron chi connectivity index (χ2n) is 4.62. The van der Waals surface area contributed by atoms with Gasteiger partial charge in [-0.25, -0.2) is 4.79 Å². The van der Waals surface area contributed by atoms with E-state index in [1.807, 2.05) is 0 Å². The van der Waals surface area contributed by atoms with E-state index in [4.69, 9.17) is 16.0 Å². The molecule has 0 saturated heterocycles. The van der Waals surface area contributed by atoms with Crippen LogP contribution < -0.4 is 0 Å². The van der Waals surface area contributed by atoms with E-state index in [0.29, 0.717) is 11.1 Å². The molecule has 2 rings (SSSR count). The minimum atomic E-state index is -3.57. The van der Waals surface area contributed by atoms with Crippen LogP contribution in [0.4, 0.5) is 0 Å². The maximum absolute atomic E-state index is 11.5. The minimum absolute atomic E-state index is 0.0776. The van der Waals surface area contributed by atoms with Crippen LogP contribution in [-0.4, -0.2) is 32.4 Å². The van der Waals surface area contributed by atoms with Crippen molar-refractivity contribution in [2.24, 2.45) is 0 Å². The molecule has 1 aromatic heterocycles. The van der Waals surface area contributed by atoms with Crippen LogP contribution in [0.3, 0.4) is 0 Å². The molecule has 0 saturated carbocycles. The van der Waals surface area contributed by atoms with Crippen molar-refractivity contribution in [1.29, 1.82) is 0 Å². The summed E-state index contributed by atoms with van der Waals surface area (Å²) in [6, 6.07) is 3.28. The first-order valence-corrected chi connectivity index (χ1v) is 8.35. The zero-order chi connectivity index (χ0) is 16.5. The SMILES string of the molecule is Cc1cc2cc(Cl)c(/C=C/COS(C)(=O)=O)c(C(=O)O)c2o1. The van der Waals surface area contributed by atoms with Gasteiger partial charge in [-0.05, 0) is 19.1 Å². The lowest BCUT2D eigenvalue weighted by molar-refractivity contribution is 0.0697. The maximum Gasteiger partial charge on any atom is 0.340 e. The summed E-state index contributed by atoms with van der Waals surface area (Å²) in [6.07, 6.45) is 3.69. The molecular formula is C14H13ClO6S. The van der Waals surface area contributed by atoms with Crippen LogP contribution in [0.15, 0.2) is 22.6 Å². The van der Waals surface area contributed by atoms with E-state index in [9.17, 15) is 18.3 Å². The Bertz CT molecular complexity index is 863. The fourth-order valence-corrected chi connectivity index (χ4v) is 2.60. The molecule has 0 spiro atoms. The molecule has 0 aliphatic heterocycles. The summed E-state index contributed by atoms with van der Waals surface area (Å²) < 4.78 is 31.7. The van der Waals surface area contributed by atoms with Gasteiger partial charge in [-0.1, -0.05) is 23.8 Å². The molecule has 0 atom stereocenters. The number of hydrogen-bond donors (Lipinski definition) is 1. The van der Waals surface area contributed by atoms with Crippen LogP contribution in [0.2, 0.25) is 5.02 Å². The van der Waals surface area contributed by atoms with Gasteiger partial charge in [0.1, 0.15) is 16.9 Å². The largest absolute Gasteiger partial charge is 0.478 e. The zero-order valence-corrected chi connectivity index (χ0v) is 13.4. The summed E-state index contributed by atoms with van der Waals surface area (Å²) in [4.78, 5) is 11.5. The Morgan fingerprint density at radius 3 is 2.73 bits per heavy atom. The number of carbonyl (C=O) groups is 1. The Morgan fingerprint density at radius 1 is 1.45 bits per heavy atom. The van der Waals surface area contributed by atoms with Gasteiger partial charge in [0.05, 0.1) is 12.9 Å². The van der Waals surface area contributed by atoms with Crippen LogP contribution in [0.25, 0.3) is 17.0 Å². The number of aromatic carboxylic acids is 1. The Hall–Kier alpha value is -1.83. The molecule has 0 bridgehead atoms. The second-order valence-corrected chi connectivity index (χ2v) is 6.67. The number of fused-ring (bicyclic) bond motifs is 1. The van der Waals surface area contributed by atoms with Gasteiger partial charge in [-0.15, -0.1) is 0 Å². The van der Waals surface area contributed by atoms with Gasteiger partial charge in [0.25, 0.3) is 10.1 Å². The van der Waals surface area contributed by atoms with E-state index in [1.54, 1.807) is 19.1 Å². The highest BCUT2D eigenvalue weighted by Gasteiger charge is 2.19. The van der Waals surface area contributed by atoms with Crippen LogP contribution in [-0.2, 0) is 14.3 Å². The zero-order valence-electron chi connectivity index (χ0n) is 11.8. The summed E-state index contributed by atoms with van der Waals surface area (Å²) in [5.41, 5.74) is 0.373. The van der Waals surface area contributed by atoms with Gasteiger partial charge in [-0.2, -0.15) is 8.42 Å². The van der Waals surface area contributed by atoms with Crippen molar-refractivity contribution < 1.29 is 26.9 Å². The van der Waals surface area contributed by atoms with E-state index < -0.39 is 16.1 Å². The van der Waals surface area contributed by atoms with E-state index in [-0.39, 0.29) is 28.3 Å². The summed E-state index contributed by atoms with van der Waals surface area (Å²) in [5.74, 6) is -0.624. The van der Waals surface area contributed by atoms with Gasteiger partial charge < -0.3 is 9.52 Å².